The number of anilines is 1. The highest BCUT2D eigenvalue weighted by Crippen LogP contribution is 2.43. The van der Waals surface area contributed by atoms with Crippen molar-refractivity contribution in [2.24, 2.45) is 0 Å². The molecule has 1 aliphatic carbocycles. The van der Waals surface area contributed by atoms with Gasteiger partial charge >= 0.3 is 0 Å². The fraction of sp³-hybridized carbons (Fsp3) is 0.261. The zero-order chi connectivity index (χ0) is 23.8. The molecule has 1 saturated carbocycles. The molecule has 2 amide bonds. The first kappa shape index (κ1) is 21.7. The van der Waals surface area contributed by atoms with Crippen LogP contribution in [0.25, 0.3) is 17.0 Å². The van der Waals surface area contributed by atoms with E-state index in [2.05, 4.69) is 25.8 Å². The van der Waals surface area contributed by atoms with Crippen LogP contribution in [0.1, 0.15) is 39.8 Å². The van der Waals surface area contributed by atoms with Crippen LogP contribution < -0.4 is 10.6 Å². The molecule has 0 bridgehead atoms. The van der Waals surface area contributed by atoms with Crippen LogP contribution in [-0.2, 0) is 11.3 Å². The predicted molar refractivity (Wildman–Crippen MR) is 119 cm³/mol. The van der Waals surface area contributed by atoms with Gasteiger partial charge in [-0.2, -0.15) is 4.98 Å². The van der Waals surface area contributed by atoms with Crippen molar-refractivity contribution in [3.05, 3.63) is 65.4 Å². The highest BCUT2D eigenvalue weighted by Gasteiger charge is 2.43. The summed E-state index contributed by atoms with van der Waals surface area (Å²) in [6.07, 6.45) is 2.63. The van der Waals surface area contributed by atoms with Gasteiger partial charge in [-0.25, -0.2) is 9.37 Å². The molecule has 0 spiro atoms. The molecule has 3 heterocycles. The lowest BCUT2D eigenvalue weighted by atomic mass is 10.1. The molecule has 0 saturated heterocycles. The third-order valence-corrected chi connectivity index (χ3v) is 5.65. The van der Waals surface area contributed by atoms with E-state index in [1.165, 1.54) is 6.20 Å². The SMILES string of the molecule is Cc1ccc(-c2noc([C@H]3C[C@@H]3F)n2)cc1NC(=O)c1cnc2ccc(CNC(=O)CO)cn12. The van der Waals surface area contributed by atoms with E-state index in [1.807, 2.05) is 13.0 Å². The number of imidazole rings is 1. The number of nitrogens with zero attached hydrogens (tertiary/aromatic N) is 4. The summed E-state index contributed by atoms with van der Waals surface area (Å²) in [7, 11) is 0. The molecule has 1 aromatic carbocycles. The first-order valence-corrected chi connectivity index (χ1v) is 10.7. The third kappa shape index (κ3) is 4.25. The molecule has 3 N–H and O–H groups in total. The van der Waals surface area contributed by atoms with Gasteiger partial charge in [0, 0.05) is 24.0 Å². The zero-order valence-corrected chi connectivity index (χ0v) is 18.2. The van der Waals surface area contributed by atoms with Gasteiger partial charge in [0.05, 0.1) is 12.1 Å². The van der Waals surface area contributed by atoms with E-state index in [4.69, 9.17) is 9.63 Å². The molecule has 10 nitrogen and oxygen atoms in total. The number of aromatic nitrogens is 4. The number of aryl methyl sites for hydroxylation is 1. The molecule has 11 heteroatoms. The lowest BCUT2D eigenvalue weighted by Gasteiger charge is -2.10. The van der Waals surface area contributed by atoms with Gasteiger partial charge in [0.2, 0.25) is 17.6 Å². The predicted octanol–water partition coefficient (Wildman–Crippen LogP) is 2.38. The van der Waals surface area contributed by atoms with Crippen molar-refractivity contribution in [3.63, 3.8) is 0 Å². The standard InChI is InChI=1S/C23H21FN6O4/c1-12-2-4-14(21-28-23(34-29-21)15-7-16(15)24)6-17(12)27-22(33)18-9-25-19-5-3-13(10-30(18)19)8-26-20(32)11-31/h2-6,9-10,15-16,31H,7-8,11H2,1H3,(H,26,32)(H,27,33)/t15-,16-/m0/s1. The lowest BCUT2D eigenvalue weighted by Crippen LogP contribution is -2.25. The molecule has 174 valence electrons. The second-order valence-corrected chi connectivity index (χ2v) is 8.14. The maximum Gasteiger partial charge on any atom is 0.274 e. The number of nitrogens with one attached hydrogen (secondary N) is 2. The molecule has 0 unspecified atom stereocenters. The number of aliphatic hydroxyl groups is 1. The Morgan fingerprint density at radius 3 is 2.88 bits per heavy atom. The van der Waals surface area contributed by atoms with Gasteiger partial charge in [-0.05, 0) is 36.6 Å². The maximum absolute atomic E-state index is 13.3. The summed E-state index contributed by atoms with van der Waals surface area (Å²) < 4.78 is 20.1. The topological polar surface area (TPSA) is 135 Å². The quantitative estimate of drug-likeness (QED) is 0.382. The average Bonchev–Trinajstić information content (AvgIpc) is 3.23. The molecule has 5 rings (SSSR count). The number of alkyl halides is 1. The molecule has 34 heavy (non-hydrogen) atoms. The Morgan fingerprint density at radius 1 is 1.29 bits per heavy atom. The third-order valence-electron chi connectivity index (χ3n) is 5.65. The summed E-state index contributed by atoms with van der Waals surface area (Å²) in [5.41, 5.74) is 3.63. The number of pyridine rings is 1. The summed E-state index contributed by atoms with van der Waals surface area (Å²) in [5.74, 6) is -0.590. The first-order chi connectivity index (χ1) is 16.4. The second kappa shape index (κ2) is 8.67. The largest absolute Gasteiger partial charge is 0.387 e. The highest BCUT2D eigenvalue weighted by atomic mass is 19.1. The van der Waals surface area contributed by atoms with E-state index in [1.54, 1.807) is 34.9 Å². The molecule has 3 aromatic heterocycles. The molecule has 2 atom stereocenters. The van der Waals surface area contributed by atoms with Crippen LogP contribution in [0, 0.1) is 6.92 Å². The Hall–Kier alpha value is -4.12. The summed E-state index contributed by atoms with van der Waals surface area (Å²) in [6.45, 7) is 1.46. The number of aliphatic hydroxyl groups excluding tert-OH is 1. The van der Waals surface area contributed by atoms with E-state index in [9.17, 15) is 14.0 Å². The van der Waals surface area contributed by atoms with Crippen molar-refractivity contribution in [2.75, 3.05) is 11.9 Å². The van der Waals surface area contributed by atoms with Gasteiger partial charge in [-0.1, -0.05) is 23.4 Å². The molecule has 0 radical (unpaired) electrons. The summed E-state index contributed by atoms with van der Waals surface area (Å²) >= 11 is 0. The van der Waals surface area contributed by atoms with Gasteiger partial charge in [0.1, 0.15) is 24.1 Å². The van der Waals surface area contributed by atoms with Crippen molar-refractivity contribution >= 4 is 23.1 Å². The van der Waals surface area contributed by atoms with Gasteiger partial charge in [0.15, 0.2) is 0 Å². The normalized spacial score (nSPS) is 17.0. The van der Waals surface area contributed by atoms with Gasteiger partial charge in [-0.15, -0.1) is 0 Å². The Bertz CT molecular complexity index is 1400. The number of carbonyl (C=O) groups excluding carboxylic acids is 2. The molecular formula is C23H21FN6O4. The number of rotatable bonds is 7. The Labute approximate surface area is 192 Å². The van der Waals surface area contributed by atoms with Crippen LogP contribution in [0.2, 0.25) is 0 Å². The minimum atomic E-state index is -0.932. The Morgan fingerprint density at radius 2 is 2.12 bits per heavy atom. The fourth-order valence-electron chi connectivity index (χ4n) is 3.56. The van der Waals surface area contributed by atoms with E-state index in [0.29, 0.717) is 34.8 Å². The van der Waals surface area contributed by atoms with Crippen LogP contribution >= 0.6 is 0 Å². The van der Waals surface area contributed by atoms with Crippen molar-refractivity contribution in [1.29, 1.82) is 0 Å². The van der Waals surface area contributed by atoms with Crippen LogP contribution in [0.4, 0.5) is 10.1 Å². The Balaban J connectivity index is 1.37. The van der Waals surface area contributed by atoms with Crippen molar-refractivity contribution < 1.29 is 23.6 Å². The number of benzene rings is 1. The summed E-state index contributed by atoms with van der Waals surface area (Å²) in [6, 6.07) is 8.88. The van der Waals surface area contributed by atoms with Gasteiger partial charge < -0.3 is 20.3 Å². The van der Waals surface area contributed by atoms with E-state index in [0.717, 1.165) is 11.1 Å². The minimum absolute atomic E-state index is 0.201. The van der Waals surface area contributed by atoms with Gasteiger partial charge in [0.25, 0.3) is 5.91 Å². The summed E-state index contributed by atoms with van der Waals surface area (Å²) in [4.78, 5) is 33.0. The zero-order valence-electron chi connectivity index (χ0n) is 18.2. The number of hydrogen-bond acceptors (Lipinski definition) is 7. The molecule has 1 fully saturated rings. The van der Waals surface area contributed by atoms with E-state index in [-0.39, 0.29) is 24.3 Å². The van der Waals surface area contributed by atoms with Crippen molar-refractivity contribution in [3.8, 4) is 11.4 Å². The van der Waals surface area contributed by atoms with Gasteiger partial charge in [-0.3, -0.25) is 14.0 Å². The Kier molecular flexibility index (Phi) is 5.54. The second-order valence-electron chi connectivity index (χ2n) is 8.14. The van der Waals surface area contributed by atoms with Crippen LogP contribution in [0.15, 0.2) is 47.2 Å². The highest BCUT2D eigenvalue weighted by molar-refractivity contribution is 6.04. The minimum Gasteiger partial charge on any atom is -0.387 e. The van der Waals surface area contributed by atoms with Crippen LogP contribution in [0.3, 0.4) is 0 Å². The lowest BCUT2D eigenvalue weighted by molar-refractivity contribution is -0.123. The van der Waals surface area contributed by atoms with Crippen LogP contribution in [0.5, 0.6) is 0 Å². The fourth-order valence-corrected chi connectivity index (χ4v) is 3.56. The molecule has 4 aromatic rings. The molecular weight excluding hydrogens is 443 g/mol. The number of carbonyl (C=O) groups is 2. The van der Waals surface area contributed by atoms with E-state index < -0.39 is 18.7 Å². The number of halogens is 1. The van der Waals surface area contributed by atoms with Crippen molar-refractivity contribution in [2.45, 2.75) is 32.0 Å². The van der Waals surface area contributed by atoms with Crippen LogP contribution in [-0.4, -0.2) is 49.2 Å². The smallest absolute Gasteiger partial charge is 0.274 e. The number of fused-ring (bicyclic) bond motifs is 1. The molecule has 1 aliphatic rings. The maximum atomic E-state index is 13.3. The first-order valence-electron chi connectivity index (χ1n) is 10.7. The monoisotopic (exact) mass is 464 g/mol. The average molecular weight is 464 g/mol. The summed E-state index contributed by atoms with van der Waals surface area (Å²) in [5, 5.41) is 18.3. The van der Waals surface area contributed by atoms with E-state index >= 15 is 0 Å². The molecule has 0 aliphatic heterocycles. The number of hydrogen-bond donors (Lipinski definition) is 3. The van der Waals surface area contributed by atoms with Crippen molar-refractivity contribution in [1.82, 2.24) is 24.8 Å². The number of amides is 2.